The molecular weight excluding hydrogens is 569 g/mol. The summed E-state index contributed by atoms with van der Waals surface area (Å²) in [4.78, 5) is 14.1. The van der Waals surface area contributed by atoms with Gasteiger partial charge in [-0.2, -0.15) is 9.61 Å². The molecule has 1 N–H and O–H groups in total. The highest BCUT2D eigenvalue weighted by Gasteiger charge is 2.16. The van der Waals surface area contributed by atoms with E-state index < -0.39 is 8.07 Å². The highest BCUT2D eigenvalue weighted by atomic mass is 127. The Labute approximate surface area is 218 Å². The molecule has 0 aliphatic heterocycles. The van der Waals surface area contributed by atoms with Gasteiger partial charge in [-0.1, -0.05) is 25.7 Å². The van der Waals surface area contributed by atoms with Gasteiger partial charge in [0.25, 0.3) is 0 Å². The molecule has 0 aliphatic rings. The fourth-order valence-corrected chi connectivity index (χ4v) is 5.28. The van der Waals surface area contributed by atoms with E-state index in [4.69, 9.17) is 9.72 Å². The van der Waals surface area contributed by atoms with Crippen molar-refractivity contribution < 1.29 is 4.74 Å². The number of nitrogens with one attached hydrogen (secondary N) is 1. The third-order valence-corrected chi connectivity index (χ3v) is 8.33. The van der Waals surface area contributed by atoms with Crippen LogP contribution in [0.5, 0.6) is 0 Å². The van der Waals surface area contributed by atoms with E-state index >= 15 is 0 Å². The molecule has 0 saturated carbocycles. The lowest BCUT2D eigenvalue weighted by Crippen LogP contribution is -2.22. The number of pyridine rings is 2. The van der Waals surface area contributed by atoms with E-state index in [0.29, 0.717) is 6.73 Å². The SMILES string of the molecule is Cc1cccc(-c2cc(Nc3ccnc4c3cc(I)n4COCC[Si](C)(C)C)n3nccc3n2)n1. The van der Waals surface area contributed by atoms with Gasteiger partial charge in [0.2, 0.25) is 0 Å². The summed E-state index contributed by atoms with van der Waals surface area (Å²) in [7, 11) is -1.13. The first-order valence-corrected chi connectivity index (χ1v) is 16.3. The van der Waals surface area contributed by atoms with Crippen LogP contribution < -0.4 is 5.32 Å². The number of rotatable bonds is 8. The number of nitrogens with zero attached hydrogens (tertiary/aromatic N) is 6. The summed E-state index contributed by atoms with van der Waals surface area (Å²) in [6.45, 7) is 10.3. The minimum atomic E-state index is -1.13. The number of hydrogen-bond donors (Lipinski definition) is 1. The van der Waals surface area contributed by atoms with Gasteiger partial charge in [-0.3, -0.25) is 9.55 Å². The number of aromatic nitrogens is 6. The van der Waals surface area contributed by atoms with E-state index in [1.807, 2.05) is 49.5 Å². The summed E-state index contributed by atoms with van der Waals surface area (Å²) in [5.74, 6) is 0.806. The van der Waals surface area contributed by atoms with Crippen molar-refractivity contribution in [1.82, 2.24) is 29.1 Å². The molecule has 0 aliphatic carbocycles. The minimum Gasteiger partial charge on any atom is -0.361 e. The largest absolute Gasteiger partial charge is 0.361 e. The Hall–Kier alpha value is -2.83. The van der Waals surface area contributed by atoms with Crippen LogP contribution in [0.3, 0.4) is 0 Å². The zero-order chi connectivity index (χ0) is 24.6. The number of ether oxygens (including phenoxy) is 1. The van der Waals surface area contributed by atoms with E-state index in [1.54, 1.807) is 10.7 Å². The molecule has 0 fully saturated rings. The molecule has 35 heavy (non-hydrogen) atoms. The highest BCUT2D eigenvalue weighted by molar-refractivity contribution is 14.1. The Bertz CT molecular complexity index is 1510. The van der Waals surface area contributed by atoms with Crippen molar-refractivity contribution in [3.05, 3.63) is 64.3 Å². The number of fused-ring (bicyclic) bond motifs is 2. The molecule has 0 unspecified atom stereocenters. The molecule has 0 spiro atoms. The van der Waals surface area contributed by atoms with E-state index in [-0.39, 0.29) is 0 Å². The van der Waals surface area contributed by atoms with E-state index in [1.165, 1.54) is 0 Å². The lowest BCUT2D eigenvalue weighted by Gasteiger charge is -2.16. The second-order valence-electron chi connectivity index (χ2n) is 9.76. The van der Waals surface area contributed by atoms with Crippen molar-refractivity contribution in [2.24, 2.45) is 0 Å². The van der Waals surface area contributed by atoms with Crippen molar-refractivity contribution in [3.8, 4) is 11.4 Å². The Morgan fingerprint density at radius 1 is 1.03 bits per heavy atom. The van der Waals surface area contributed by atoms with Gasteiger partial charge < -0.3 is 10.1 Å². The first kappa shape index (κ1) is 23.9. The molecule has 0 aromatic carbocycles. The Kier molecular flexibility index (Phi) is 6.60. The van der Waals surface area contributed by atoms with Gasteiger partial charge in [-0.15, -0.1) is 0 Å². The normalized spacial score (nSPS) is 12.0. The van der Waals surface area contributed by atoms with E-state index in [0.717, 1.165) is 61.6 Å². The second kappa shape index (κ2) is 9.67. The van der Waals surface area contributed by atoms with Gasteiger partial charge in [0, 0.05) is 44.1 Å². The predicted molar refractivity (Wildman–Crippen MR) is 151 cm³/mol. The van der Waals surface area contributed by atoms with Crippen LogP contribution >= 0.6 is 22.6 Å². The van der Waals surface area contributed by atoms with E-state index in [9.17, 15) is 0 Å². The van der Waals surface area contributed by atoms with Crippen molar-refractivity contribution >= 4 is 58.9 Å². The van der Waals surface area contributed by atoms with Crippen molar-refractivity contribution in [2.45, 2.75) is 39.3 Å². The molecule has 0 amide bonds. The monoisotopic (exact) mass is 597 g/mol. The van der Waals surface area contributed by atoms with E-state index in [2.05, 4.69) is 73.2 Å². The lowest BCUT2D eigenvalue weighted by atomic mass is 10.2. The molecule has 0 radical (unpaired) electrons. The average molecular weight is 598 g/mol. The van der Waals surface area contributed by atoms with Crippen LogP contribution in [0.2, 0.25) is 25.7 Å². The first-order valence-electron chi connectivity index (χ1n) is 11.6. The highest BCUT2D eigenvalue weighted by Crippen LogP contribution is 2.30. The van der Waals surface area contributed by atoms with Crippen LogP contribution in [0, 0.1) is 10.6 Å². The maximum atomic E-state index is 6.03. The lowest BCUT2D eigenvalue weighted by molar-refractivity contribution is 0.0883. The zero-order valence-corrected chi connectivity index (χ0v) is 23.4. The molecule has 5 aromatic rings. The smallest absolute Gasteiger partial charge is 0.158 e. The standard InChI is InChI=1S/C25H28IN7OSi/c1-17-6-5-7-20(29-17)21-15-24(33-23(31-21)9-11-28-33)30-19-8-10-27-25-18(19)14-22(26)32(25)16-34-12-13-35(2,3)4/h5-11,14-15H,12-13,16H2,1-4H3,(H,27,30). The quantitative estimate of drug-likeness (QED) is 0.132. The number of aryl methyl sites for hydroxylation is 1. The molecule has 10 heteroatoms. The van der Waals surface area contributed by atoms with Gasteiger partial charge in [0.15, 0.2) is 5.65 Å². The summed E-state index contributed by atoms with van der Waals surface area (Å²) in [6, 6.07) is 15.1. The molecule has 5 aromatic heterocycles. The van der Waals surface area contributed by atoms with Crippen molar-refractivity contribution in [2.75, 3.05) is 11.9 Å². The van der Waals surface area contributed by atoms with Gasteiger partial charge >= 0.3 is 0 Å². The average Bonchev–Trinajstić information content (AvgIpc) is 3.41. The van der Waals surface area contributed by atoms with Crippen molar-refractivity contribution in [3.63, 3.8) is 0 Å². The summed E-state index contributed by atoms with van der Waals surface area (Å²) >= 11 is 2.35. The molecule has 0 saturated heterocycles. The first-order chi connectivity index (χ1) is 16.8. The summed E-state index contributed by atoms with van der Waals surface area (Å²) in [5.41, 5.74) is 5.15. The van der Waals surface area contributed by atoms with Crippen LogP contribution in [0.25, 0.3) is 28.1 Å². The number of anilines is 2. The fraction of sp³-hybridized carbons (Fsp3) is 0.280. The Morgan fingerprint density at radius 3 is 2.69 bits per heavy atom. The Balaban J connectivity index is 1.48. The summed E-state index contributed by atoms with van der Waals surface area (Å²) < 4.78 is 11.0. The summed E-state index contributed by atoms with van der Waals surface area (Å²) in [5, 5.41) is 9.07. The molecule has 5 rings (SSSR count). The fourth-order valence-electron chi connectivity index (χ4n) is 3.84. The van der Waals surface area contributed by atoms with Crippen LogP contribution in [0.1, 0.15) is 5.69 Å². The topological polar surface area (TPSA) is 82.2 Å². The van der Waals surface area contributed by atoms with Gasteiger partial charge in [-0.05, 0) is 59.8 Å². The van der Waals surface area contributed by atoms with Crippen molar-refractivity contribution in [1.29, 1.82) is 0 Å². The second-order valence-corrected chi connectivity index (χ2v) is 16.5. The molecule has 8 nitrogen and oxygen atoms in total. The molecule has 0 atom stereocenters. The molecule has 5 heterocycles. The number of hydrogen-bond acceptors (Lipinski definition) is 6. The van der Waals surface area contributed by atoms with Crippen LogP contribution in [0.4, 0.5) is 11.5 Å². The summed E-state index contributed by atoms with van der Waals surface area (Å²) in [6.07, 6.45) is 3.57. The predicted octanol–water partition coefficient (Wildman–Crippen LogP) is 6.11. The maximum absolute atomic E-state index is 6.03. The minimum absolute atomic E-state index is 0.491. The van der Waals surface area contributed by atoms with Crippen LogP contribution in [-0.2, 0) is 11.5 Å². The maximum Gasteiger partial charge on any atom is 0.158 e. The third-order valence-electron chi connectivity index (χ3n) is 5.74. The van der Waals surface area contributed by atoms with Gasteiger partial charge in [-0.25, -0.2) is 9.97 Å². The Morgan fingerprint density at radius 2 is 1.89 bits per heavy atom. The van der Waals surface area contributed by atoms with Gasteiger partial charge in [0.1, 0.15) is 18.2 Å². The molecular formula is C25H28IN7OSi. The molecule has 0 bridgehead atoms. The zero-order valence-electron chi connectivity index (χ0n) is 20.3. The molecule has 180 valence electrons. The number of halogens is 1. The third kappa shape index (κ3) is 5.24. The van der Waals surface area contributed by atoms with Crippen LogP contribution in [-0.4, -0.2) is 43.8 Å². The van der Waals surface area contributed by atoms with Gasteiger partial charge in [0.05, 0.1) is 27.0 Å². The van der Waals surface area contributed by atoms with Crippen LogP contribution in [0.15, 0.2) is 54.9 Å².